The van der Waals surface area contributed by atoms with Crippen molar-refractivity contribution in [3.8, 4) is 16.1 Å². The Morgan fingerprint density at radius 1 is 0.952 bits per heavy atom. The predicted octanol–water partition coefficient (Wildman–Crippen LogP) is 3.73. The monoisotopic (exact) mass is 292 g/mol. The van der Waals surface area contributed by atoms with Crippen LogP contribution in [-0.4, -0.2) is 14.2 Å². The number of nitrogens with two attached hydrogens (primary N) is 1. The van der Waals surface area contributed by atoms with E-state index in [1.165, 1.54) is 11.5 Å². The van der Waals surface area contributed by atoms with Gasteiger partial charge in [0.1, 0.15) is 5.00 Å². The Bertz CT molecular complexity index is 905. The van der Waals surface area contributed by atoms with E-state index >= 15 is 0 Å². The highest BCUT2D eigenvalue weighted by atomic mass is 32.1. The van der Waals surface area contributed by atoms with Crippen molar-refractivity contribution in [1.82, 2.24) is 14.2 Å². The van der Waals surface area contributed by atoms with Crippen molar-refractivity contribution in [1.29, 1.82) is 0 Å². The van der Waals surface area contributed by atoms with E-state index in [0.29, 0.717) is 0 Å². The molecule has 0 radical (unpaired) electrons. The van der Waals surface area contributed by atoms with Gasteiger partial charge in [-0.25, -0.2) is 4.68 Å². The highest BCUT2D eigenvalue weighted by Gasteiger charge is 2.09. The Morgan fingerprint density at radius 3 is 2.62 bits per heavy atom. The lowest BCUT2D eigenvalue weighted by Gasteiger charge is -1.98. The summed E-state index contributed by atoms with van der Waals surface area (Å²) in [5.74, 6) is 0. The van der Waals surface area contributed by atoms with Gasteiger partial charge < -0.3 is 5.73 Å². The largest absolute Gasteiger partial charge is 0.399 e. The Kier molecular flexibility index (Phi) is 2.72. The number of anilines is 1. The summed E-state index contributed by atoms with van der Waals surface area (Å²) in [7, 11) is 0. The first-order chi connectivity index (χ1) is 10.3. The number of hydrogen-bond donors (Lipinski definition) is 1. The molecular formula is C16H12N4S. The summed E-state index contributed by atoms with van der Waals surface area (Å²) in [6.07, 6.45) is 3.88. The van der Waals surface area contributed by atoms with Gasteiger partial charge in [0.25, 0.3) is 0 Å². The second kappa shape index (κ2) is 4.71. The van der Waals surface area contributed by atoms with E-state index in [4.69, 9.17) is 5.73 Å². The molecule has 21 heavy (non-hydrogen) atoms. The molecule has 0 bridgehead atoms. The van der Waals surface area contributed by atoms with Crippen LogP contribution in [0.2, 0.25) is 0 Å². The second-order valence-corrected chi connectivity index (χ2v) is 5.55. The first-order valence-electron chi connectivity index (χ1n) is 6.57. The van der Waals surface area contributed by atoms with Gasteiger partial charge in [0, 0.05) is 22.8 Å². The van der Waals surface area contributed by atoms with E-state index in [0.717, 1.165) is 32.7 Å². The normalized spacial score (nSPS) is 11.0. The van der Waals surface area contributed by atoms with E-state index in [2.05, 4.69) is 15.5 Å². The van der Waals surface area contributed by atoms with Gasteiger partial charge in [-0.1, -0.05) is 24.3 Å². The summed E-state index contributed by atoms with van der Waals surface area (Å²) in [5.41, 5.74) is 9.65. The summed E-state index contributed by atoms with van der Waals surface area (Å²) < 4.78 is 6.33. The lowest BCUT2D eigenvalue weighted by atomic mass is 10.1. The topological polar surface area (TPSA) is 56.7 Å². The summed E-state index contributed by atoms with van der Waals surface area (Å²) in [5, 5.41) is 6.62. The molecule has 0 aliphatic rings. The third-order valence-corrected chi connectivity index (χ3v) is 4.27. The molecule has 102 valence electrons. The van der Waals surface area contributed by atoms with Crippen LogP contribution >= 0.6 is 11.5 Å². The minimum atomic E-state index is 0.764. The highest BCUT2D eigenvalue weighted by Crippen LogP contribution is 2.27. The van der Waals surface area contributed by atoms with Gasteiger partial charge in [0.2, 0.25) is 0 Å². The van der Waals surface area contributed by atoms with Crippen LogP contribution in [0.4, 0.5) is 5.69 Å². The molecule has 5 heteroatoms. The Balaban J connectivity index is 1.79. The van der Waals surface area contributed by atoms with Crippen LogP contribution in [0.25, 0.3) is 27.0 Å². The molecule has 0 aliphatic carbocycles. The molecule has 0 spiro atoms. The van der Waals surface area contributed by atoms with Crippen LogP contribution < -0.4 is 5.73 Å². The minimum Gasteiger partial charge on any atom is -0.399 e. The third-order valence-electron chi connectivity index (χ3n) is 3.40. The van der Waals surface area contributed by atoms with Crippen molar-refractivity contribution in [3.05, 3.63) is 60.9 Å². The molecule has 0 saturated heterocycles. The van der Waals surface area contributed by atoms with Gasteiger partial charge in [-0.05, 0) is 41.4 Å². The van der Waals surface area contributed by atoms with Crippen LogP contribution in [0.3, 0.4) is 0 Å². The molecule has 0 amide bonds. The van der Waals surface area contributed by atoms with Gasteiger partial charge in [-0.3, -0.25) is 0 Å². The summed E-state index contributed by atoms with van der Waals surface area (Å²) in [6, 6.07) is 15.9. The van der Waals surface area contributed by atoms with Crippen molar-refractivity contribution in [2.45, 2.75) is 0 Å². The van der Waals surface area contributed by atoms with Gasteiger partial charge >= 0.3 is 0 Å². The van der Waals surface area contributed by atoms with Gasteiger partial charge in [-0.2, -0.15) is 9.47 Å². The number of hydrogen-bond acceptors (Lipinski definition) is 4. The van der Waals surface area contributed by atoms with E-state index in [1.807, 2.05) is 59.5 Å². The molecular weight excluding hydrogens is 280 g/mol. The molecule has 0 aliphatic heterocycles. The summed E-state index contributed by atoms with van der Waals surface area (Å²) in [4.78, 5) is 0. The van der Waals surface area contributed by atoms with Crippen molar-refractivity contribution in [2.24, 2.45) is 0 Å². The van der Waals surface area contributed by atoms with Crippen LogP contribution in [0.15, 0.2) is 60.9 Å². The van der Waals surface area contributed by atoms with Crippen molar-refractivity contribution >= 4 is 28.1 Å². The lowest BCUT2D eigenvalue weighted by Crippen LogP contribution is -1.90. The zero-order valence-electron chi connectivity index (χ0n) is 11.1. The molecule has 4 rings (SSSR count). The number of fused-ring (bicyclic) bond motifs is 1. The fraction of sp³-hybridized carbons (Fsp3) is 0. The average Bonchev–Trinajstić information content (AvgIpc) is 3.14. The zero-order chi connectivity index (χ0) is 14.2. The minimum absolute atomic E-state index is 0.764. The fourth-order valence-corrected chi connectivity index (χ4v) is 3.10. The quantitative estimate of drug-likeness (QED) is 0.573. The molecule has 2 aromatic heterocycles. The standard InChI is InChI=1S/C16H12N4S/c17-13-7-5-11(6-8-13)12-9-18-20(10-12)16-14-3-1-2-4-15(14)19-21-16/h1-10H,17H2. The number of aromatic nitrogens is 3. The van der Waals surface area contributed by atoms with Gasteiger partial charge in [0.15, 0.2) is 0 Å². The van der Waals surface area contributed by atoms with E-state index in [-0.39, 0.29) is 0 Å². The molecule has 2 aromatic carbocycles. The lowest BCUT2D eigenvalue weighted by molar-refractivity contribution is 0.903. The molecule has 0 saturated carbocycles. The molecule has 0 atom stereocenters. The van der Waals surface area contributed by atoms with Crippen molar-refractivity contribution < 1.29 is 0 Å². The number of nitrogen functional groups attached to an aromatic ring is 1. The van der Waals surface area contributed by atoms with Crippen molar-refractivity contribution in [3.63, 3.8) is 0 Å². The molecule has 0 fully saturated rings. The average molecular weight is 292 g/mol. The maximum absolute atomic E-state index is 5.72. The number of benzene rings is 2. The molecule has 4 nitrogen and oxygen atoms in total. The predicted molar refractivity (Wildman–Crippen MR) is 86.6 cm³/mol. The van der Waals surface area contributed by atoms with E-state index < -0.39 is 0 Å². The van der Waals surface area contributed by atoms with Crippen LogP contribution in [0.5, 0.6) is 0 Å². The van der Waals surface area contributed by atoms with E-state index in [9.17, 15) is 0 Å². The molecule has 0 unspecified atom stereocenters. The Labute approximate surface area is 125 Å². The Hall–Kier alpha value is -2.66. The first kappa shape index (κ1) is 12.1. The smallest absolute Gasteiger partial charge is 0.145 e. The van der Waals surface area contributed by atoms with Gasteiger partial charge in [0.05, 0.1) is 11.7 Å². The van der Waals surface area contributed by atoms with Crippen molar-refractivity contribution in [2.75, 3.05) is 5.73 Å². The molecule has 2 heterocycles. The summed E-state index contributed by atoms with van der Waals surface area (Å²) in [6.45, 7) is 0. The first-order valence-corrected chi connectivity index (χ1v) is 7.34. The summed E-state index contributed by atoms with van der Waals surface area (Å²) >= 11 is 1.46. The molecule has 4 aromatic rings. The second-order valence-electron chi connectivity index (χ2n) is 4.80. The zero-order valence-corrected chi connectivity index (χ0v) is 11.9. The van der Waals surface area contributed by atoms with E-state index in [1.54, 1.807) is 0 Å². The van der Waals surface area contributed by atoms with Crippen LogP contribution in [0.1, 0.15) is 0 Å². The number of rotatable bonds is 2. The number of nitrogens with zero attached hydrogens (tertiary/aromatic N) is 3. The third kappa shape index (κ3) is 2.08. The highest BCUT2D eigenvalue weighted by molar-refractivity contribution is 7.10. The molecule has 2 N–H and O–H groups in total. The van der Waals surface area contributed by atoms with Crippen LogP contribution in [0, 0.1) is 0 Å². The maximum atomic E-state index is 5.72. The van der Waals surface area contributed by atoms with Gasteiger partial charge in [-0.15, -0.1) is 0 Å². The van der Waals surface area contributed by atoms with Crippen LogP contribution in [-0.2, 0) is 0 Å². The Morgan fingerprint density at radius 2 is 1.76 bits per heavy atom. The maximum Gasteiger partial charge on any atom is 0.145 e. The SMILES string of the molecule is Nc1ccc(-c2cnn(-c3snc4ccccc34)c2)cc1. The fourth-order valence-electron chi connectivity index (χ4n) is 2.30.